The molecule has 0 atom stereocenters. The Morgan fingerprint density at radius 2 is 2.00 bits per heavy atom. The van der Waals surface area contributed by atoms with Crippen LogP contribution in [0.2, 0.25) is 0 Å². The molecule has 0 aromatic heterocycles. The van der Waals surface area contributed by atoms with Crippen LogP contribution in [0.3, 0.4) is 0 Å². The van der Waals surface area contributed by atoms with E-state index in [0.29, 0.717) is 0 Å². The Bertz CT molecular complexity index is 303. The first-order chi connectivity index (χ1) is 6.40. The highest BCUT2D eigenvalue weighted by Crippen LogP contribution is 2.33. The lowest BCUT2D eigenvalue weighted by Gasteiger charge is -2.49. The Kier molecular flexibility index (Phi) is 2.71. The highest BCUT2D eigenvalue weighted by atomic mass is 15.2. The van der Waals surface area contributed by atoms with Crippen molar-refractivity contribution in [1.29, 1.82) is 5.26 Å². The predicted molar refractivity (Wildman–Crippen MR) is 58.5 cm³/mol. The second-order valence-electron chi connectivity index (χ2n) is 4.89. The number of hydrogen-bond donors (Lipinski definition) is 0. The number of rotatable bonds is 1. The molecule has 0 radical (unpaired) electrons. The molecule has 0 aromatic carbocycles. The monoisotopic (exact) mass is 190 g/mol. The Morgan fingerprint density at radius 1 is 1.36 bits per heavy atom. The molecule has 1 aliphatic heterocycles. The van der Waals surface area contributed by atoms with Gasteiger partial charge in [-0.1, -0.05) is 12.2 Å². The maximum atomic E-state index is 8.56. The summed E-state index contributed by atoms with van der Waals surface area (Å²) in [6, 6.07) is 2.04. The van der Waals surface area contributed by atoms with E-state index < -0.39 is 0 Å². The smallest absolute Gasteiger partial charge is 0.0927 e. The van der Waals surface area contributed by atoms with E-state index in [2.05, 4.69) is 44.7 Å². The van der Waals surface area contributed by atoms with E-state index in [4.69, 9.17) is 5.26 Å². The lowest BCUT2D eigenvalue weighted by Crippen LogP contribution is -2.53. The molecule has 2 heteroatoms. The van der Waals surface area contributed by atoms with Crippen molar-refractivity contribution in [3.8, 4) is 6.07 Å². The highest BCUT2D eigenvalue weighted by molar-refractivity contribution is 5.17. The van der Waals surface area contributed by atoms with E-state index in [9.17, 15) is 0 Å². The van der Waals surface area contributed by atoms with E-state index in [1.165, 1.54) is 0 Å². The third-order valence-corrected chi connectivity index (χ3v) is 2.71. The molecular weight excluding hydrogens is 172 g/mol. The normalized spacial score (nSPS) is 23.8. The number of allylic oxidation sites excluding steroid dienone is 1. The van der Waals surface area contributed by atoms with E-state index >= 15 is 0 Å². The number of hydrogen-bond acceptors (Lipinski definition) is 2. The Morgan fingerprint density at radius 3 is 2.50 bits per heavy atom. The second-order valence-corrected chi connectivity index (χ2v) is 4.89. The first-order valence-corrected chi connectivity index (χ1v) is 4.93. The van der Waals surface area contributed by atoms with Crippen LogP contribution in [0.5, 0.6) is 0 Å². The molecule has 1 aliphatic rings. The molecule has 0 saturated carbocycles. The summed E-state index contributed by atoms with van der Waals surface area (Å²) in [6.07, 6.45) is 8.87. The van der Waals surface area contributed by atoms with Crippen molar-refractivity contribution >= 4 is 0 Å². The Labute approximate surface area is 86.5 Å². The zero-order chi connectivity index (χ0) is 10.8. The van der Waals surface area contributed by atoms with Crippen molar-refractivity contribution in [2.45, 2.75) is 45.2 Å². The second kappa shape index (κ2) is 3.49. The molecule has 2 nitrogen and oxygen atoms in total. The number of nitrogens with zero attached hydrogens (tertiary/aromatic N) is 2. The van der Waals surface area contributed by atoms with Crippen LogP contribution in [0.4, 0.5) is 0 Å². The van der Waals surface area contributed by atoms with Gasteiger partial charge in [0.1, 0.15) is 0 Å². The molecule has 0 N–H and O–H groups in total. The van der Waals surface area contributed by atoms with Gasteiger partial charge in [0, 0.05) is 17.8 Å². The zero-order valence-corrected chi connectivity index (χ0v) is 9.41. The molecule has 0 bridgehead atoms. The summed E-state index contributed by atoms with van der Waals surface area (Å²) in [5, 5.41) is 8.56. The van der Waals surface area contributed by atoms with Crippen LogP contribution in [0, 0.1) is 11.3 Å². The molecule has 0 aliphatic carbocycles. The summed E-state index contributed by atoms with van der Waals surface area (Å²) < 4.78 is 0. The van der Waals surface area contributed by atoms with Gasteiger partial charge >= 0.3 is 0 Å². The van der Waals surface area contributed by atoms with Crippen LogP contribution < -0.4 is 0 Å². The molecule has 0 amide bonds. The van der Waals surface area contributed by atoms with Gasteiger partial charge in [-0.3, -0.25) is 0 Å². The summed E-state index contributed by atoms with van der Waals surface area (Å²) in [7, 11) is 0. The van der Waals surface area contributed by atoms with Crippen molar-refractivity contribution in [2.75, 3.05) is 0 Å². The average Bonchev–Trinajstić information content (AvgIpc) is 2.01. The third kappa shape index (κ3) is 1.98. The molecule has 0 fully saturated rings. The fourth-order valence-electron chi connectivity index (χ4n) is 2.10. The summed E-state index contributed by atoms with van der Waals surface area (Å²) in [5.74, 6) is 0. The van der Waals surface area contributed by atoms with Crippen LogP contribution in [0.15, 0.2) is 24.4 Å². The molecule has 1 heterocycles. The van der Waals surface area contributed by atoms with Crippen molar-refractivity contribution in [2.24, 2.45) is 0 Å². The standard InChI is InChI=1S/C12H18N2/c1-11(2)7-5-8-12(3,4)14(11)10-6-9-13/h5-7,10H,8H2,1-4H3/b10-6+. The molecular formula is C12H18N2. The van der Waals surface area contributed by atoms with Crippen LogP contribution in [-0.2, 0) is 0 Å². The van der Waals surface area contributed by atoms with Crippen LogP contribution in [0.1, 0.15) is 34.1 Å². The Balaban J connectivity index is 3.02. The van der Waals surface area contributed by atoms with Gasteiger partial charge in [-0.2, -0.15) is 5.26 Å². The van der Waals surface area contributed by atoms with Gasteiger partial charge in [0.05, 0.1) is 11.6 Å². The quantitative estimate of drug-likeness (QED) is 0.469. The first kappa shape index (κ1) is 10.8. The van der Waals surface area contributed by atoms with Crippen molar-refractivity contribution in [1.82, 2.24) is 4.90 Å². The molecule has 1 rings (SSSR count). The summed E-state index contributed by atoms with van der Waals surface area (Å²) in [4.78, 5) is 2.24. The molecule has 76 valence electrons. The molecule has 0 unspecified atom stereocenters. The van der Waals surface area contributed by atoms with Crippen LogP contribution in [0.25, 0.3) is 0 Å². The minimum absolute atomic E-state index is 0.00486. The molecule has 0 spiro atoms. The van der Waals surface area contributed by atoms with Gasteiger partial charge in [-0.05, 0) is 34.1 Å². The van der Waals surface area contributed by atoms with Gasteiger partial charge < -0.3 is 4.90 Å². The maximum Gasteiger partial charge on any atom is 0.0927 e. The van der Waals surface area contributed by atoms with E-state index in [1.807, 2.05) is 12.3 Å². The summed E-state index contributed by atoms with van der Waals surface area (Å²) in [5.41, 5.74) is 0.0840. The van der Waals surface area contributed by atoms with Gasteiger partial charge in [0.15, 0.2) is 0 Å². The van der Waals surface area contributed by atoms with E-state index in [0.717, 1.165) is 6.42 Å². The maximum absolute atomic E-state index is 8.56. The molecule has 14 heavy (non-hydrogen) atoms. The van der Waals surface area contributed by atoms with Gasteiger partial charge in [0.25, 0.3) is 0 Å². The average molecular weight is 190 g/mol. The third-order valence-electron chi connectivity index (χ3n) is 2.71. The van der Waals surface area contributed by atoms with Crippen LogP contribution in [-0.4, -0.2) is 16.0 Å². The van der Waals surface area contributed by atoms with Gasteiger partial charge in [0.2, 0.25) is 0 Å². The van der Waals surface area contributed by atoms with Crippen molar-refractivity contribution in [3.63, 3.8) is 0 Å². The van der Waals surface area contributed by atoms with Gasteiger partial charge in [-0.25, -0.2) is 0 Å². The van der Waals surface area contributed by atoms with Crippen LogP contribution >= 0.6 is 0 Å². The van der Waals surface area contributed by atoms with E-state index in [1.54, 1.807) is 6.08 Å². The summed E-state index contributed by atoms with van der Waals surface area (Å²) in [6.45, 7) is 8.71. The topological polar surface area (TPSA) is 27.0 Å². The first-order valence-electron chi connectivity index (χ1n) is 4.93. The van der Waals surface area contributed by atoms with Gasteiger partial charge in [-0.15, -0.1) is 0 Å². The highest BCUT2D eigenvalue weighted by Gasteiger charge is 2.35. The SMILES string of the molecule is CC1(C)C=CCC(C)(C)N1/C=C/C#N. The van der Waals surface area contributed by atoms with E-state index in [-0.39, 0.29) is 11.1 Å². The minimum Gasteiger partial charge on any atom is -0.363 e. The number of nitriles is 1. The zero-order valence-electron chi connectivity index (χ0n) is 9.41. The lowest BCUT2D eigenvalue weighted by molar-refractivity contribution is 0.0918. The molecule has 0 aromatic rings. The minimum atomic E-state index is -0.00486. The Hall–Kier alpha value is -1.23. The van der Waals surface area contributed by atoms with Crippen molar-refractivity contribution in [3.05, 3.63) is 24.4 Å². The lowest BCUT2D eigenvalue weighted by atomic mass is 9.85. The predicted octanol–water partition coefficient (Wildman–Crippen LogP) is 2.84. The largest absolute Gasteiger partial charge is 0.363 e. The van der Waals surface area contributed by atoms with Crippen molar-refractivity contribution < 1.29 is 0 Å². The fourth-order valence-corrected chi connectivity index (χ4v) is 2.10. The summed E-state index contributed by atoms with van der Waals surface area (Å²) >= 11 is 0. The fraction of sp³-hybridized carbons (Fsp3) is 0.583. The molecule has 0 saturated heterocycles.